The van der Waals surface area contributed by atoms with Crippen LogP contribution >= 0.6 is 15.9 Å². The molecule has 0 aliphatic carbocycles. The molecule has 0 radical (unpaired) electrons. The van der Waals surface area contributed by atoms with Crippen LogP contribution in [0.25, 0.3) is 11.0 Å². The Morgan fingerprint density at radius 1 is 1.45 bits per heavy atom. The van der Waals surface area contributed by atoms with Gasteiger partial charge in [0.05, 0.1) is 11.6 Å². The standard InChI is InChI=1S/C6H5BrN4/c1-11-5-4(3-9-11)2-8-6(7)10-5/h2-3H,1H3. The van der Waals surface area contributed by atoms with Crippen LogP contribution in [0.3, 0.4) is 0 Å². The van der Waals surface area contributed by atoms with Crippen molar-refractivity contribution in [1.82, 2.24) is 19.7 Å². The summed E-state index contributed by atoms with van der Waals surface area (Å²) in [7, 11) is 1.85. The van der Waals surface area contributed by atoms with Crippen molar-refractivity contribution in [1.29, 1.82) is 0 Å². The second-order valence-electron chi connectivity index (χ2n) is 2.19. The van der Waals surface area contributed by atoms with Gasteiger partial charge in [-0.15, -0.1) is 0 Å². The second-order valence-corrected chi connectivity index (χ2v) is 2.90. The largest absolute Gasteiger partial charge is 0.250 e. The first-order valence-electron chi connectivity index (χ1n) is 3.07. The predicted molar refractivity (Wildman–Crippen MR) is 44.0 cm³/mol. The maximum absolute atomic E-state index is 4.14. The minimum absolute atomic E-state index is 0.591. The number of rotatable bonds is 0. The van der Waals surface area contributed by atoms with Gasteiger partial charge < -0.3 is 0 Å². The lowest BCUT2D eigenvalue weighted by Crippen LogP contribution is -1.92. The van der Waals surface area contributed by atoms with E-state index in [0.29, 0.717) is 4.73 Å². The molecule has 0 N–H and O–H groups in total. The fourth-order valence-corrected chi connectivity index (χ4v) is 1.19. The topological polar surface area (TPSA) is 43.6 Å². The third kappa shape index (κ3) is 1.01. The normalized spacial score (nSPS) is 10.7. The Bertz CT molecular complexity index is 394. The first-order chi connectivity index (χ1) is 5.27. The summed E-state index contributed by atoms with van der Waals surface area (Å²) in [5.41, 5.74) is 0.840. The molecule has 4 nitrogen and oxygen atoms in total. The lowest BCUT2D eigenvalue weighted by atomic mass is 10.4. The molecular formula is C6H5BrN4. The first kappa shape index (κ1) is 6.72. The van der Waals surface area contributed by atoms with Gasteiger partial charge in [-0.1, -0.05) is 0 Å². The molecule has 0 aliphatic rings. The molecule has 0 saturated heterocycles. The lowest BCUT2D eigenvalue weighted by molar-refractivity contribution is 0.784. The maximum atomic E-state index is 4.14. The second kappa shape index (κ2) is 2.27. The van der Waals surface area contributed by atoms with Crippen LogP contribution in [0.15, 0.2) is 17.1 Å². The molecule has 2 aromatic rings. The highest BCUT2D eigenvalue weighted by Gasteiger charge is 2.00. The quantitative estimate of drug-likeness (QED) is 0.616. The van der Waals surface area contributed by atoms with Gasteiger partial charge in [-0.25, -0.2) is 9.97 Å². The number of hydrogen-bond donors (Lipinski definition) is 0. The Hall–Kier alpha value is -0.970. The van der Waals surface area contributed by atoms with Crippen LogP contribution in [0.2, 0.25) is 0 Å². The highest BCUT2D eigenvalue weighted by Crippen LogP contribution is 2.10. The highest BCUT2D eigenvalue weighted by molar-refractivity contribution is 9.10. The summed E-state index contributed by atoms with van der Waals surface area (Å²) < 4.78 is 2.30. The highest BCUT2D eigenvalue weighted by atomic mass is 79.9. The molecular weight excluding hydrogens is 208 g/mol. The van der Waals surface area contributed by atoms with Crippen molar-refractivity contribution in [2.24, 2.45) is 7.05 Å². The van der Waals surface area contributed by atoms with Crippen molar-refractivity contribution in [3.63, 3.8) is 0 Å². The predicted octanol–water partition coefficient (Wildman–Crippen LogP) is 1.13. The fraction of sp³-hybridized carbons (Fsp3) is 0.167. The molecule has 0 saturated carbocycles. The molecule has 0 amide bonds. The molecule has 56 valence electrons. The van der Waals surface area contributed by atoms with E-state index in [9.17, 15) is 0 Å². The van der Waals surface area contributed by atoms with Gasteiger partial charge in [-0.05, 0) is 15.9 Å². The minimum atomic E-state index is 0.591. The maximum Gasteiger partial charge on any atom is 0.198 e. The van der Waals surface area contributed by atoms with E-state index in [2.05, 4.69) is 31.0 Å². The monoisotopic (exact) mass is 212 g/mol. The zero-order valence-corrected chi connectivity index (χ0v) is 7.41. The Balaban J connectivity index is 2.87. The van der Waals surface area contributed by atoms with E-state index < -0.39 is 0 Å². The lowest BCUT2D eigenvalue weighted by Gasteiger charge is -1.91. The summed E-state index contributed by atoms with van der Waals surface area (Å²) in [6.45, 7) is 0. The Labute approximate surface area is 71.4 Å². The number of hydrogen-bond acceptors (Lipinski definition) is 3. The van der Waals surface area contributed by atoms with Crippen LogP contribution in [0.1, 0.15) is 0 Å². The van der Waals surface area contributed by atoms with Gasteiger partial charge in [0.1, 0.15) is 0 Å². The van der Waals surface area contributed by atoms with Gasteiger partial charge in [0.25, 0.3) is 0 Å². The third-order valence-corrected chi connectivity index (χ3v) is 1.83. The van der Waals surface area contributed by atoms with Gasteiger partial charge in [-0.3, -0.25) is 4.68 Å². The van der Waals surface area contributed by atoms with Gasteiger partial charge >= 0.3 is 0 Å². The van der Waals surface area contributed by atoms with Crippen molar-refractivity contribution in [2.45, 2.75) is 0 Å². The van der Waals surface area contributed by atoms with E-state index in [-0.39, 0.29) is 0 Å². The molecule has 0 fully saturated rings. The van der Waals surface area contributed by atoms with Crippen molar-refractivity contribution in [3.8, 4) is 0 Å². The average molecular weight is 213 g/mol. The van der Waals surface area contributed by atoms with Gasteiger partial charge in [0, 0.05) is 13.2 Å². The third-order valence-electron chi connectivity index (χ3n) is 1.44. The molecule has 0 bridgehead atoms. The first-order valence-corrected chi connectivity index (χ1v) is 3.87. The summed E-state index contributed by atoms with van der Waals surface area (Å²) in [5, 5.41) is 4.98. The molecule has 0 aromatic carbocycles. The zero-order valence-electron chi connectivity index (χ0n) is 5.82. The van der Waals surface area contributed by atoms with Crippen molar-refractivity contribution < 1.29 is 0 Å². The van der Waals surface area contributed by atoms with Crippen LogP contribution in [0, 0.1) is 0 Å². The van der Waals surface area contributed by atoms with E-state index in [1.807, 2.05) is 7.05 Å². The van der Waals surface area contributed by atoms with Gasteiger partial charge in [0.2, 0.25) is 0 Å². The van der Waals surface area contributed by atoms with Crippen LogP contribution in [0.4, 0.5) is 0 Å². The number of aryl methyl sites for hydroxylation is 1. The van der Waals surface area contributed by atoms with Crippen LogP contribution in [0.5, 0.6) is 0 Å². The fourth-order valence-electron chi connectivity index (χ4n) is 0.915. The van der Waals surface area contributed by atoms with Crippen molar-refractivity contribution >= 4 is 27.0 Å². The molecule has 2 aromatic heterocycles. The van der Waals surface area contributed by atoms with E-state index in [1.54, 1.807) is 17.1 Å². The molecule has 2 heterocycles. The molecule has 0 unspecified atom stereocenters. The molecule has 2 rings (SSSR count). The average Bonchev–Trinajstić information content (AvgIpc) is 2.33. The summed E-state index contributed by atoms with van der Waals surface area (Å²) in [6, 6.07) is 0. The zero-order chi connectivity index (χ0) is 7.84. The van der Waals surface area contributed by atoms with E-state index in [1.165, 1.54) is 0 Å². The Morgan fingerprint density at radius 2 is 2.27 bits per heavy atom. The molecule has 0 spiro atoms. The number of halogens is 1. The van der Waals surface area contributed by atoms with Crippen LogP contribution < -0.4 is 0 Å². The summed E-state index contributed by atoms with van der Waals surface area (Å²) >= 11 is 3.19. The molecule has 0 aliphatic heterocycles. The van der Waals surface area contributed by atoms with Gasteiger partial charge in [0.15, 0.2) is 10.4 Å². The number of fused-ring (bicyclic) bond motifs is 1. The van der Waals surface area contributed by atoms with Gasteiger partial charge in [-0.2, -0.15) is 5.10 Å². The van der Waals surface area contributed by atoms with Crippen molar-refractivity contribution in [2.75, 3.05) is 0 Å². The minimum Gasteiger partial charge on any atom is -0.250 e. The molecule has 0 atom stereocenters. The van der Waals surface area contributed by atoms with Crippen molar-refractivity contribution in [3.05, 3.63) is 17.1 Å². The Morgan fingerprint density at radius 3 is 3.09 bits per heavy atom. The SMILES string of the molecule is Cn1ncc2cnc(Br)nc21. The molecule has 11 heavy (non-hydrogen) atoms. The molecule has 5 heteroatoms. The Kier molecular flexibility index (Phi) is 1.38. The van der Waals surface area contributed by atoms with Crippen LogP contribution in [-0.4, -0.2) is 19.7 Å². The summed E-state index contributed by atoms with van der Waals surface area (Å²) in [4.78, 5) is 8.11. The smallest absolute Gasteiger partial charge is 0.198 e. The number of aromatic nitrogens is 4. The van der Waals surface area contributed by atoms with E-state index in [0.717, 1.165) is 11.0 Å². The number of nitrogens with zero attached hydrogens (tertiary/aromatic N) is 4. The summed E-state index contributed by atoms with van der Waals surface area (Å²) in [5.74, 6) is 0. The van der Waals surface area contributed by atoms with Crippen LogP contribution in [-0.2, 0) is 7.05 Å². The van der Waals surface area contributed by atoms with E-state index in [4.69, 9.17) is 0 Å². The van der Waals surface area contributed by atoms with E-state index >= 15 is 0 Å². The summed E-state index contributed by atoms with van der Waals surface area (Å²) in [6.07, 6.45) is 3.47.